The summed E-state index contributed by atoms with van der Waals surface area (Å²) in [5.41, 5.74) is 8.25. The second kappa shape index (κ2) is 5.75. The fraction of sp³-hybridized carbons (Fsp3) is 0.143. The van der Waals surface area contributed by atoms with Crippen molar-refractivity contribution < 1.29 is 4.92 Å². The zero-order valence-electron chi connectivity index (χ0n) is 10.5. The maximum Gasteiger partial charge on any atom is 0.272 e. The van der Waals surface area contributed by atoms with E-state index in [1.807, 2.05) is 30.3 Å². The van der Waals surface area contributed by atoms with E-state index in [1.165, 1.54) is 6.07 Å². The molecule has 0 bridgehead atoms. The highest BCUT2D eigenvalue weighted by atomic mass is 32.2. The second-order valence-corrected chi connectivity index (χ2v) is 5.22. The van der Waals surface area contributed by atoms with Gasteiger partial charge in [-0.3, -0.25) is 10.1 Å². The molecule has 0 fully saturated rings. The molecule has 0 aliphatic rings. The molecule has 19 heavy (non-hydrogen) atoms. The number of nitro groups is 1. The third-order valence-corrected chi connectivity index (χ3v) is 3.95. The van der Waals surface area contributed by atoms with Gasteiger partial charge in [-0.05, 0) is 36.8 Å². The Kier molecular flexibility index (Phi) is 4.06. The molecule has 98 valence electrons. The van der Waals surface area contributed by atoms with Crippen molar-refractivity contribution in [2.45, 2.75) is 17.6 Å². The van der Waals surface area contributed by atoms with Gasteiger partial charge in [0.15, 0.2) is 0 Å². The van der Waals surface area contributed by atoms with Crippen LogP contribution in [0.3, 0.4) is 0 Å². The van der Waals surface area contributed by atoms with Crippen LogP contribution in [-0.2, 0) is 5.75 Å². The summed E-state index contributed by atoms with van der Waals surface area (Å²) < 4.78 is 0. The molecule has 0 amide bonds. The first-order valence-corrected chi connectivity index (χ1v) is 6.77. The third-order valence-electron chi connectivity index (χ3n) is 2.89. The highest BCUT2D eigenvalue weighted by Crippen LogP contribution is 2.28. The van der Waals surface area contributed by atoms with Crippen LogP contribution in [-0.4, -0.2) is 4.92 Å². The average molecular weight is 274 g/mol. The van der Waals surface area contributed by atoms with Crippen LogP contribution in [0.2, 0.25) is 0 Å². The normalized spacial score (nSPS) is 10.4. The molecule has 2 aromatic carbocycles. The Balaban J connectivity index is 2.13. The van der Waals surface area contributed by atoms with Gasteiger partial charge in [-0.2, -0.15) is 0 Å². The SMILES string of the molecule is Cc1c(CSc2ccc(N)cc2)cccc1[N+](=O)[O-]. The third kappa shape index (κ3) is 3.26. The van der Waals surface area contributed by atoms with Crippen LogP contribution in [0.15, 0.2) is 47.4 Å². The summed E-state index contributed by atoms with van der Waals surface area (Å²) >= 11 is 1.64. The predicted molar refractivity (Wildman–Crippen MR) is 78.2 cm³/mol. The van der Waals surface area contributed by atoms with Crippen LogP contribution >= 0.6 is 11.8 Å². The smallest absolute Gasteiger partial charge is 0.272 e. The molecule has 5 heteroatoms. The Morgan fingerprint density at radius 1 is 1.21 bits per heavy atom. The molecular formula is C14H14N2O2S. The van der Waals surface area contributed by atoms with E-state index < -0.39 is 0 Å². The summed E-state index contributed by atoms with van der Waals surface area (Å²) in [7, 11) is 0. The summed E-state index contributed by atoms with van der Waals surface area (Å²) in [6, 6.07) is 12.8. The number of thioether (sulfide) groups is 1. The molecule has 0 radical (unpaired) electrons. The number of nitro benzene ring substituents is 1. The Morgan fingerprint density at radius 3 is 2.53 bits per heavy atom. The molecule has 0 aliphatic carbocycles. The second-order valence-electron chi connectivity index (χ2n) is 4.18. The van der Waals surface area contributed by atoms with Crippen molar-refractivity contribution >= 4 is 23.1 Å². The van der Waals surface area contributed by atoms with Crippen molar-refractivity contribution in [2.75, 3.05) is 5.73 Å². The van der Waals surface area contributed by atoms with E-state index in [0.717, 1.165) is 21.7 Å². The summed E-state index contributed by atoms with van der Waals surface area (Å²) in [6.45, 7) is 1.79. The quantitative estimate of drug-likeness (QED) is 0.399. The van der Waals surface area contributed by atoms with E-state index in [4.69, 9.17) is 5.73 Å². The van der Waals surface area contributed by atoms with E-state index in [2.05, 4.69) is 0 Å². The standard InChI is InChI=1S/C14H14N2O2S/c1-10-11(3-2-4-14(10)16(17)18)9-19-13-7-5-12(15)6-8-13/h2-8H,9,15H2,1H3. The molecule has 0 unspecified atom stereocenters. The van der Waals surface area contributed by atoms with Crippen molar-refractivity contribution in [2.24, 2.45) is 0 Å². The van der Waals surface area contributed by atoms with Gasteiger partial charge in [0.05, 0.1) is 4.92 Å². The number of nitrogens with two attached hydrogens (primary N) is 1. The monoisotopic (exact) mass is 274 g/mol. The molecule has 0 saturated heterocycles. The molecule has 0 aromatic heterocycles. The molecule has 0 heterocycles. The van der Waals surface area contributed by atoms with E-state index >= 15 is 0 Å². The zero-order chi connectivity index (χ0) is 13.8. The fourth-order valence-corrected chi connectivity index (χ4v) is 2.71. The van der Waals surface area contributed by atoms with E-state index in [1.54, 1.807) is 24.8 Å². The molecule has 0 spiro atoms. The van der Waals surface area contributed by atoms with Crippen LogP contribution in [0.5, 0.6) is 0 Å². The Labute approximate surface area is 115 Å². The molecule has 2 N–H and O–H groups in total. The summed E-state index contributed by atoms with van der Waals surface area (Å²) in [4.78, 5) is 11.6. The van der Waals surface area contributed by atoms with Crippen LogP contribution in [0, 0.1) is 17.0 Å². The number of benzene rings is 2. The number of nitrogen functional groups attached to an aromatic ring is 1. The molecule has 2 rings (SSSR count). The minimum atomic E-state index is -0.341. The largest absolute Gasteiger partial charge is 0.399 e. The lowest BCUT2D eigenvalue weighted by atomic mass is 10.1. The van der Waals surface area contributed by atoms with Gasteiger partial charge in [-0.15, -0.1) is 11.8 Å². The average Bonchev–Trinajstić information content (AvgIpc) is 2.39. The predicted octanol–water partition coefficient (Wildman–Crippen LogP) is 3.78. The Hall–Kier alpha value is -2.01. The van der Waals surface area contributed by atoms with E-state index in [9.17, 15) is 10.1 Å². The minimum Gasteiger partial charge on any atom is -0.399 e. The zero-order valence-corrected chi connectivity index (χ0v) is 11.3. The highest BCUT2D eigenvalue weighted by molar-refractivity contribution is 7.98. The van der Waals surface area contributed by atoms with E-state index in [0.29, 0.717) is 5.75 Å². The molecular weight excluding hydrogens is 260 g/mol. The summed E-state index contributed by atoms with van der Waals surface area (Å²) in [5.74, 6) is 0.706. The molecule has 0 atom stereocenters. The van der Waals surface area contributed by atoms with Gasteiger partial charge >= 0.3 is 0 Å². The minimum absolute atomic E-state index is 0.176. The summed E-state index contributed by atoms with van der Waals surface area (Å²) in [5, 5.41) is 10.9. The lowest BCUT2D eigenvalue weighted by Gasteiger charge is -2.06. The first-order chi connectivity index (χ1) is 9.08. The van der Waals surface area contributed by atoms with Gasteiger partial charge in [-0.1, -0.05) is 12.1 Å². The number of nitrogens with zero attached hydrogens (tertiary/aromatic N) is 1. The number of rotatable bonds is 4. The van der Waals surface area contributed by atoms with Gasteiger partial charge < -0.3 is 5.73 Å². The van der Waals surface area contributed by atoms with Crippen LogP contribution in [0.1, 0.15) is 11.1 Å². The maximum absolute atomic E-state index is 10.9. The van der Waals surface area contributed by atoms with Crippen molar-refractivity contribution in [3.05, 3.63) is 63.7 Å². The van der Waals surface area contributed by atoms with Crippen LogP contribution in [0.25, 0.3) is 0 Å². The number of anilines is 1. The fourth-order valence-electron chi connectivity index (χ4n) is 1.75. The molecule has 2 aromatic rings. The first kappa shape index (κ1) is 13.4. The van der Waals surface area contributed by atoms with Crippen molar-refractivity contribution in [3.8, 4) is 0 Å². The maximum atomic E-state index is 10.9. The van der Waals surface area contributed by atoms with Crippen molar-refractivity contribution in [3.63, 3.8) is 0 Å². The molecule has 0 aliphatic heterocycles. The van der Waals surface area contributed by atoms with Gasteiger partial charge in [0.2, 0.25) is 0 Å². The highest BCUT2D eigenvalue weighted by Gasteiger charge is 2.12. The van der Waals surface area contributed by atoms with Crippen LogP contribution in [0.4, 0.5) is 11.4 Å². The Morgan fingerprint density at radius 2 is 1.89 bits per heavy atom. The Bertz CT molecular complexity index is 597. The molecule has 0 saturated carbocycles. The van der Waals surface area contributed by atoms with Gasteiger partial charge in [-0.25, -0.2) is 0 Å². The van der Waals surface area contributed by atoms with E-state index in [-0.39, 0.29) is 10.6 Å². The molecule has 4 nitrogen and oxygen atoms in total. The topological polar surface area (TPSA) is 69.2 Å². The summed E-state index contributed by atoms with van der Waals surface area (Å²) in [6.07, 6.45) is 0. The number of hydrogen-bond acceptors (Lipinski definition) is 4. The van der Waals surface area contributed by atoms with Gasteiger partial charge in [0, 0.05) is 28.0 Å². The first-order valence-electron chi connectivity index (χ1n) is 5.79. The lowest BCUT2D eigenvalue weighted by molar-refractivity contribution is -0.385. The van der Waals surface area contributed by atoms with Crippen molar-refractivity contribution in [1.82, 2.24) is 0 Å². The van der Waals surface area contributed by atoms with Crippen molar-refractivity contribution in [1.29, 1.82) is 0 Å². The number of hydrogen-bond donors (Lipinski definition) is 1. The van der Waals surface area contributed by atoms with Gasteiger partial charge in [0.25, 0.3) is 5.69 Å². The van der Waals surface area contributed by atoms with Gasteiger partial charge in [0.1, 0.15) is 0 Å². The van der Waals surface area contributed by atoms with Crippen LogP contribution < -0.4 is 5.73 Å². The lowest BCUT2D eigenvalue weighted by Crippen LogP contribution is -1.95.